The molecule has 6 nitrogen and oxygen atoms in total. The predicted octanol–water partition coefficient (Wildman–Crippen LogP) is 6.56. The number of carbonyl (C=O) groups is 1. The number of piperidine rings is 1. The van der Waals surface area contributed by atoms with Crippen molar-refractivity contribution in [1.29, 1.82) is 0 Å². The third-order valence-corrected chi connectivity index (χ3v) is 6.89. The highest BCUT2D eigenvalue weighted by Crippen LogP contribution is 2.33. The number of nitrogens with zero attached hydrogens (tertiary/aromatic N) is 2. The second kappa shape index (κ2) is 12.0. The number of ketones is 1. The van der Waals surface area contributed by atoms with Crippen LogP contribution in [0.2, 0.25) is 0 Å². The van der Waals surface area contributed by atoms with Gasteiger partial charge in [0, 0.05) is 29.5 Å². The van der Waals surface area contributed by atoms with Gasteiger partial charge in [-0.1, -0.05) is 47.6 Å². The molecule has 196 valence electrons. The number of aromatic nitrogens is 1. The summed E-state index contributed by atoms with van der Waals surface area (Å²) in [5.74, 6) is 1.15. The third-order valence-electron chi connectivity index (χ3n) is 6.89. The van der Waals surface area contributed by atoms with Crippen LogP contribution < -0.4 is 9.47 Å². The lowest BCUT2D eigenvalue weighted by molar-refractivity contribution is 0.101. The van der Waals surface area contributed by atoms with E-state index in [-0.39, 0.29) is 11.6 Å². The van der Waals surface area contributed by atoms with Gasteiger partial charge in [-0.05, 0) is 68.8 Å². The number of likely N-dealkylation sites (tertiary alicyclic amines) is 1. The highest BCUT2D eigenvalue weighted by Gasteiger charge is 2.24. The maximum Gasteiger partial charge on any atom is 0.170 e. The fraction of sp³-hybridized carbons (Fsp3) is 0.290. The van der Waals surface area contributed by atoms with Crippen molar-refractivity contribution in [2.75, 3.05) is 26.2 Å². The topological polar surface area (TPSA) is 64.8 Å². The van der Waals surface area contributed by atoms with Gasteiger partial charge in [-0.2, -0.15) is 0 Å². The molecule has 0 atom stereocenters. The molecule has 1 fully saturated rings. The van der Waals surface area contributed by atoms with Crippen molar-refractivity contribution < 1.29 is 23.2 Å². The molecule has 1 saturated heterocycles. The van der Waals surface area contributed by atoms with Gasteiger partial charge in [-0.3, -0.25) is 9.69 Å². The Hall–Kier alpha value is -3.97. The molecule has 0 N–H and O–H groups in total. The first-order valence-electron chi connectivity index (χ1n) is 12.9. The lowest BCUT2D eigenvalue weighted by Crippen LogP contribution is -2.33. The molecule has 1 aliphatic heterocycles. The van der Waals surface area contributed by atoms with Gasteiger partial charge in [0.2, 0.25) is 0 Å². The van der Waals surface area contributed by atoms with Crippen LogP contribution in [0.1, 0.15) is 47.3 Å². The monoisotopic (exact) mass is 514 g/mol. The summed E-state index contributed by atoms with van der Waals surface area (Å²) in [5.41, 5.74) is 3.09. The molecule has 2 heterocycles. The first kappa shape index (κ1) is 25.7. The van der Waals surface area contributed by atoms with Crippen molar-refractivity contribution in [2.45, 2.75) is 32.3 Å². The minimum absolute atomic E-state index is 0.0193. The zero-order valence-corrected chi connectivity index (χ0v) is 21.4. The van der Waals surface area contributed by atoms with E-state index in [1.54, 1.807) is 24.3 Å². The van der Waals surface area contributed by atoms with E-state index in [9.17, 15) is 9.18 Å². The third kappa shape index (κ3) is 6.29. The quantitative estimate of drug-likeness (QED) is 0.176. The molecule has 0 spiro atoms. The smallest absolute Gasteiger partial charge is 0.170 e. The summed E-state index contributed by atoms with van der Waals surface area (Å²) in [6.07, 6.45) is 6.05. The normalized spacial score (nSPS) is 14.8. The van der Waals surface area contributed by atoms with Crippen molar-refractivity contribution in [3.05, 3.63) is 102 Å². The van der Waals surface area contributed by atoms with Gasteiger partial charge in [0.25, 0.3) is 0 Å². The second-order valence-electron chi connectivity index (χ2n) is 9.56. The number of carbonyl (C=O) groups excluding carboxylic acids is 1. The van der Waals surface area contributed by atoms with E-state index in [0.29, 0.717) is 41.8 Å². The largest absolute Gasteiger partial charge is 0.486 e. The van der Waals surface area contributed by atoms with E-state index in [4.69, 9.17) is 14.0 Å². The number of fused-ring (bicyclic) bond motifs is 1. The number of benzene rings is 3. The minimum atomic E-state index is -0.312. The van der Waals surface area contributed by atoms with Gasteiger partial charge < -0.3 is 14.0 Å². The molecule has 1 aliphatic rings. The first-order valence-corrected chi connectivity index (χ1v) is 12.9. The second-order valence-corrected chi connectivity index (χ2v) is 9.56. The van der Waals surface area contributed by atoms with Crippen LogP contribution in [-0.2, 0) is 6.61 Å². The van der Waals surface area contributed by atoms with Crippen LogP contribution in [-0.4, -0.2) is 42.1 Å². The average Bonchev–Trinajstić information content (AvgIpc) is 3.36. The molecule has 0 bridgehead atoms. The van der Waals surface area contributed by atoms with E-state index in [0.717, 1.165) is 49.1 Å². The summed E-state index contributed by atoms with van der Waals surface area (Å²) in [6, 6.07) is 19.8. The molecule has 5 rings (SSSR count). The Balaban J connectivity index is 1.12. The number of rotatable bonds is 10. The summed E-state index contributed by atoms with van der Waals surface area (Å²) >= 11 is 0. The zero-order valence-electron chi connectivity index (χ0n) is 21.4. The number of Topliss-reactive ketones (excluding diaryl/α,β-unsaturated/α-hetero) is 1. The summed E-state index contributed by atoms with van der Waals surface area (Å²) in [6.45, 7) is 5.06. The molecule has 0 aliphatic carbocycles. The van der Waals surface area contributed by atoms with Gasteiger partial charge in [0.15, 0.2) is 22.9 Å². The van der Waals surface area contributed by atoms with E-state index in [2.05, 4.69) is 16.1 Å². The Morgan fingerprint density at radius 3 is 2.63 bits per heavy atom. The summed E-state index contributed by atoms with van der Waals surface area (Å²) in [4.78, 5) is 14.3. The summed E-state index contributed by atoms with van der Waals surface area (Å²) in [7, 11) is 0. The van der Waals surface area contributed by atoms with Crippen molar-refractivity contribution in [3.8, 4) is 11.5 Å². The molecule has 0 amide bonds. The van der Waals surface area contributed by atoms with Crippen molar-refractivity contribution >= 4 is 16.8 Å². The molecule has 7 heteroatoms. The molecular weight excluding hydrogens is 483 g/mol. The Bertz CT molecular complexity index is 1410. The van der Waals surface area contributed by atoms with Crippen molar-refractivity contribution in [2.24, 2.45) is 0 Å². The number of hydrogen-bond donors (Lipinski definition) is 0. The van der Waals surface area contributed by atoms with Gasteiger partial charge in [0.05, 0.1) is 5.69 Å². The van der Waals surface area contributed by atoms with Gasteiger partial charge in [-0.15, -0.1) is 0 Å². The molecule has 0 unspecified atom stereocenters. The number of halogens is 1. The van der Waals surface area contributed by atoms with E-state index >= 15 is 0 Å². The lowest BCUT2D eigenvalue weighted by atomic mass is 9.91. The van der Waals surface area contributed by atoms with E-state index in [1.807, 2.05) is 36.4 Å². The maximum absolute atomic E-state index is 13.4. The standard InChI is InChI=1S/C31H31FN2O4/c1-22(35)25-9-12-28(37-21-23-7-3-2-4-8-23)30(19-25)36-18-6-5-15-34-16-13-24(14-17-34)31-27-11-10-26(32)20-29(27)38-33-31/h2-12,19-20,24H,13-18,21H2,1H3. The Morgan fingerprint density at radius 2 is 1.84 bits per heavy atom. The minimum Gasteiger partial charge on any atom is -0.486 e. The lowest BCUT2D eigenvalue weighted by Gasteiger charge is -2.30. The van der Waals surface area contributed by atoms with Crippen LogP contribution in [0.5, 0.6) is 11.5 Å². The SMILES string of the molecule is CC(=O)c1ccc(OCc2ccccc2)c(OCC=CCN2CCC(c3noc4cc(F)ccc34)CC2)c1. The van der Waals surface area contributed by atoms with Crippen molar-refractivity contribution in [1.82, 2.24) is 10.1 Å². The molecular formula is C31H31FN2O4. The summed E-state index contributed by atoms with van der Waals surface area (Å²) < 4.78 is 30.8. The Labute approximate surface area is 221 Å². The van der Waals surface area contributed by atoms with Crippen LogP contribution in [0.4, 0.5) is 4.39 Å². The number of hydrogen-bond acceptors (Lipinski definition) is 6. The van der Waals surface area contributed by atoms with Crippen LogP contribution in [0.25, 0.3) is 11.0 Å². The van der Waals surface area contributed by atoms with Gasteiger partial charge in [0.1, 0.15) is 19.0 Å². The van der Waals surface area contributed by atoms with Crippen LogP contribution >= 0.6 is 0 Å². The molecule has 1 aromatic heterocycles. The highest BCUT2D eigenvalue weighted by molar-refractivity contribution is 5.94. The average molecular weight is 515 g/mol. The Kier molecular flexibility index (Phi) is 8.14. The van der Waals surface area contributed by atoms with Crippen LogP contribution in [0.15, 0.2) is 83.4 Å². The first-order chi connectivity index (χ1) is 18.6. The maximum atomic E-state index is 13.4. The molecule has 38 heavy (non-hydrogen) atoms. The van der Waals surface area contributed by atoms with E-state index in [1.165, 1.54) is 19.1 Å². The molecule has 3 aromatic carbocycles. The van der Waals surface area contributed by atoms with Gasteiger partial charge >= 0.3 is 0 Å². The molecule has 4 aromatic rings. The molecule has 0 radical (unpaired) electrons. The number of ether oxygens (including phenoxy) is 2. The molecule has 0 saturated carbocycles. The summed E-state index contributed by atoms with van der Waals surface area (Å²) in [5, 5.41) is 5.14. The fourth-order valence-corrected chi connectivity index (χ4v) is 4.74. The van der Waals surface area contributed by atoms with Crippen LogP contribution in [0, 0.1) is 5.82 Å². The predicted molar refractivity (Wildman–Crippen MR) is 144 cm³/mol. The van der Waals surface area contributed by atoms with E-state index < -0.39 is 0 Å². The van der Waals surface area contributed by atoms with Crippen LogP contribution in [0.3, 0.4) is 0 Å². The fourth-order valence-electron chi connectivity index (χ4n) is 4.74. The Morgan fingerprint density at radius 1 is 1.03 bits per heavy atom. The highest BCUT2D eigenvalue weighted by atomic mass is 19.1. The van der Waals surface area contributed by atoms with Crippen molar-refractivity contribution in [3.63, 3.8) is 0 Å². The van der Waals surface area contributed by atoms with Gasteiger partial charge in [-0.25, -0.2) is 4.39 Å². The zero-order chi connectivity index (χ0) is 26.3.